The Balaban J connectivity index is 1.60. The van der Waals surface area contributed by atoms with E-state index in [2.05, 4.69) is 127 Å². The second-order valence-electron chi connectivity index (χ2n) is 9.42. The van der Waals surface area contributed by atoms with Gasteiger partial charge in [-0.2, -0.15) is 0 Å². The maximum absolute atomic E-state index is 5.23. The molecule has 7 rings (SSSR count). The van der Waals surface area contributed by atoms with E-state index in [0.29, 0.717) is 0 Å². The molecule has 7 aromatic rings. The zero-order valence-corrected chi connectivity index (χ0v) is 20.8. The smallest absolute Gasteiger partial charge is 0.0978 e. The number of aromatic nitrogens is 2. The number of hydrogen-bond donors (Lipinski definition) is 0. The van der Waals surface area contributed by atoms with Crippen molar-refractivity contribution in [1.29, 1.82) is 0 Å². The predicted molar refractivity (Wildman–Crippen MR) is 159 cm³/mol. The van der Waals surface area contributed by atoms with Gasteiger partial charge in [-0.15, -0.1) is 0 Å². The fourth-order valence-corrected chi connectivity index (χ4v) is 5.31. The second kappa shape index (κ2) is 9.42. The lowest BCUT2D eigenvalue weighted by Crippen LogP contribution is -1.95. The van der Waals surface area contributed by atoms with Crippen LogP contribution in [0.1, 0.15) is 0 Å². The number of fused-ring (bicyclic) bond motifs is 3. The van der Waals surface area contributed by atoms with Crippen LogP contribution in [0.2, 0.25) is 0 Å². The van der Waals surface area contributed by atoms with Gasteiger partial charge in [0, 0.05) is 33.7 Å². The number of benzene rings is 5. The van der Waals surface area contributed by atoms with Crippen LogP contribution in [0.4, 0.5) is 0 Å². The average Bonchev–Trinajstić information content (AvgIpc) is 3.01. The molecule has 0 unspecified atom stereocenters. The minimum absolute atomic E-state index is 0.913. The van der Waals surface area contributed by atoms with Gasteiger partial charge in [-0.05, 0) is 28.3 Å². The SMILES string of the molecule is c1ccc(-c2cc(-c3ccccc3)c3ccc4c(-c5ccccc5)c(-c5ccccc5)cnc4c3n2)cc1. The van der Waals surface area contributed by atoms with Crippen molar-refractivity contribution < 1.29 is 0 Å². The van der Waals surface area contributed by atoms with E-state index in [-0.39, 0.29) is 0 Å². The van der Waals surface area contributed by atoms with Crippen LogP contribution in [0.25, 0.3) is 66.4 Å². The molecule has 0 aliphatic carbocycles. The number of nitrogens with zero attached hydrogens (tertiary/aromatic N) is 2. The van der Waals surface area contributed by atoms with Gasteiger partial charge in [0.15, 0.2) is 0 Å². The first-order valence-corrected chi connectivity index (χ1v) is 12.8. The van der Waals surface area contributed by atoms with Gasteiger partial charge in [-0.1, -0.05) is 133 Å². The molecule has 5 aromatic carbocycles. The molecule has 0 fully saturated rings. The van der Waals surface area contributed by atoms with E-state index in [0.717, 1.165) is 49.8 Å². The summed E-state index contributed by atoms with van der Waals surface area (Å²) >= 11 is 0. The molecule has 2 aromatic heterocycles. The van der Waals surface area contributed by atoms with Crippen molar-refractivity contribution in [2.24, 2.45) is 0 Å². The summed E-state index contributed by atoms with van der Waals surface area (Å²) in [4.78, 5) is 10.3. The quantitative estimate of drug-likeness (QED) is 0.233. The Hall–Kier alpha value is -5.08. The molecular formula is C36H24N2. The highest BCUT2D eigenvalue weighted by molar-refractivity contribution is 6.14. The summed E-state index contributed by atoms with van der Waals surface area (Å²) in [5, 5.41) is 2.20. The van der Waals surface area contributed by atoms with E-state index in [9.17, 15) is 0 Å². The molecule has 2 nitrogen and oxygen atoms in total. The average molecular weight is 485 g/mol. The van der Waals surface area contributed by atoms with E-state index >= 15 is 0 Å². The summed E-state index contributed by atoms with van der Waals surface area (Å²) < 4.78 is 0. The lowest BCUT2D eigenvalue weighted by molar-refractivity contribution is 1.37. The van der Waals surface area contributed by atoms with Crippen LogP contribution in [0, 0.1) is 0 Å². The Kier molecular flexibility index (Phi) is 5.49. The third-order valence-electron chi connectivity index (χ3n) is 7.12. The highest BCUT2D eigenvalue weighted by Gasteiger charge is 2.18. The van der Waals surface area contributed by atoms with E-state index in [1.807, 2.05) is 18.3 Å². The van der Waals surface area contributed by atoms with Crippen molar-refractivity contribution in [1.82, 2.24) is 9.97 Å². The van der Waals surface area contributed by atoms with Crippen LogP contribution in [-0.4, -0.2) is 9.97 Å². The molecule has 0 atom stereocenters. The fourth-order valence-electron chi connectivity index (χ4n) is 5.31. The summed E-state index contributed by atoms with van der Waals surface area (Å²) in [7, 11) is 0. The summed E-state index contributed by atoms with van der Waals surface area (Å²) in [6.07, 6.45) is 2.01. The van der Waals surface area contributed by atoms with Crippen LogP contribution < -0.4 is 0 Å². The van der Waals surface area contributed by atoms with Gasteiger partial charge in [0.25, 0.3) is 0 Å². The molecule has 178 valence electrons. The topological polar surface area (TPSA) is 25.8 Å². The molecule has 38 heavy (non-hydrogen) atoms. The number of rotatable bonds is 4. The van der Waals surface area contributed by atoms with Gasteiger partial charge in [-0.25, -0.2) is 4.98 Å². The summed E-state index contributed by atoms with van der Waals surface area (Å²) in [5.41, 5.74) is 10.8. The minimum Gasteiger partial charge on any atom is -0.253 e. The monoisotopic (exact) mass is 484 g/mol. The molecule has 0 aliphatic heterocycles. The van der Waals surface area contributed by atoms with Crippen LogP contribution >= 0.6 is 0 Å². The van der Waals surface area contributed by atoms with E-state index in [1.165, 1.54) is 16.7 Å². The summed E-state index contributed by atoms with van der Waals surface area (Å²) in [5.74, 6) is 0. The Morgan fingerprint density at radius 1 is 0.395 bits per heavy atom. The Morgan fingerprint density at radius 3 is 1.50 bits per heavy atom. The molecule has 0 amide bonds. The number of hydrogen-bond acceptors (Lipinski definition) is 2. The highest BCUT2D eigenvalue weighted by Crippen LogP contribution is 2.41. The van der Waals surface area contributed by atoms with Crippen molar-refractivity contribution in [2.45, 2.75) is 0 Å². The van der Waals surface area contributed by atoms with Crippen molar-refractivity contribution in [3.05, 3.63) is 146 Å². The van der Waals surface area contributed by atoms with Crippen molar-refractivity contribution in [2.75, 3.05) is 0 Å². The molecule has 0 radical (unpaired) electrons. The molecule has 2 heterocycles. The van der Waals surface area contributed by atoms with Crippen LogP contribution in [-0.2, 0) is 0 Å². The number of pyridine rings is 2. The Bertz CT molecular complexity index is 1880. The van der Waals surface area contributed by atoms with Crippen molar-refractivity contribution >= 4 is 21.8 Å². The van der Waals surface area contributed by atoms with Crippen molar-refractivity contribution in [3.63, 3.8) is 0 Å². The molecule has 0 saturated carbocycles. The Labute approximate surface area is 221 Å². The van der Waals surface area contributed by atoms with Crippen LogP contribution in [0.3, 0.4) is 0 Å². The second-order valence-corrected chi connectivity index (χ2v) is 9.42. The predicted octanol–water partition coefficient (Wildman–Crippen LogP) is 9.45. The van der Waals surface area contributed by atoms with E-state index in [4.69, 9.17) is 9.97 Å². The zero-order chi connectivity index (χ0) is 25.3. The maximum Gasteiger partial charge on any atom is 0.0978 e. The molecule has 0 bridgehead atoms. The lowest BCUT2D eigenvalue weighted by atomic mass is 9.91. The van der Waals surface area contributed by atoms with Crippen LogP contribution in [0.15, 0.2) is 146 Å². The first kappa shape index (κ1) is 22.1. The zero-order valence-electron chi connectivity index (χ0n) is 20.8. The summed E-state index contributed by atoms with van der Waals surface area (Å²) in [6, 6.07) is 48.7. The largest absolute Gasteiger partial charge is 0.253 e. The first-order chi connectivity index (χ1) is 18.9. The maximum atomic E-state index is 5.23. The fraction of sp³-hybridized carbons (Fsp3) is 0. The third-order valence-corrected chi connectivity index (χ3v) is 7.12. The van der Waals surface area contributed by atoms with E-state index in [1.54, 1.807) is 0 Å². The van der Waals surface area contributed by atoms with E-state index < -0.39 is 0 Å². The molecule has 0 saturated heterocycles. The van der Waals surface area contributed by atoms with Gasteiger partial charge < -0.3 is 0 Å². The third kappa shape index (κ3) is 3.84. The highest BCUT2D eigenvalue weighted by atomic mass is 14.8. The molecule has 0 spiro atoms. The summed E-state index contributed by atoms with van der Waals surface area (Å²) in [6.45, 7) is 0. The van der Waals surface area contributed by atoms with Gasteiger partial charge in [-0.3, -0.25) is 4.98 Å². The first-order valence-electron chi connectivity index (χ1n) is 12.8. The van der Waals surface area contributed by atoms with Gasteiger partial charge >= 0.3 is 0 Å². The molecule has 2 heteroatoms. The van der Waals surface area contributed by atoms with Gasteiger partial charge in [0.05, 0.1) is 16.7 Å². The van der Waals surface area contributed by atoms with Crippen molar-refractivity contribution in [3.8, 4) is 44.6 Å². The minimum atomic E-state index is 0.913. The lowest BCUT2D eigenvalue weighted by Gasteiger charge is -2.16. The van der Waals surface area contributed by atoms with Crippen LogP contribution in [0.5, 0.6) is 0 Å². The molecule has 0 aliphatic rings. The molecular weight excluding hydrogens is 460 g/mol. The standard InChI is InChI=1S/C36H24N2/c1-5-13-25(14-6-1)31-23-33(27-17-9-3-10-18-27)38-36-29(31)21-22-30-34(28-19-11-4-12-20-28)32(24-37-35(30)36)26-15-7-2-8-16-26/h1-24H. The van der Waals surface area contributed by atoms with Gasteiger partial charge in [0.1, 0.15) is 0 Å². The molecule has 0 N–H and O–H groups in total. The Morgan fingerprint density at radius 2 is 0.895 bits per heavy atom. The normalized spacial score (nSPS) is 11.2. The van der Waals surface area contributed by atoms with Gasteiger partial charge in [0.2, 0.25) is 0 Å².